The maximum absolute atomic E-state index is 12.3. The molecular formula is C15H16N2O3. The fourth-order valence-corrected chi connectivity index (χ4v) is 2.03. The molecule has 0 radical (unpaired) electrons. The number of aliphatic hydroxyl groups is 1. The van der Waals surface area contributed by atoms with Gasteiger partial charge in [0.05, 0.1) is 6.61 Å². The van der Waals surface area contributed by atoms with Crippen LogP contribution < -0.4 is 5.43 Å². The van der Waals surface area contributed by atoms with Gasteiger partial charge in [-0.05, 0) is 12.1 Å². The predicted octanol–water partition coefficient (Wildman–Crippen LogP) is 1.15. The van der Waals surface area contributed by atoms with Crippen molar-refractivity contribution in [3.8, 4) is 0 Å². The summed E-state index contributed by atoms with van der Waals surface area (Å²) in [5.41, 5.74) is 0.625. The SMILES string of the molecule is C=CCN(CCO)C(=O)c1cc(=O)c2ccccc2[nH]1. The van der Waals surface area contributed by atoms with Gasteiger partial charge in [-0.25, -0.2) is 0 Å². The van der Waals surface area contributed by atoms with E-state index in [0.717, 1.165) is 0 Å². The number of carbonyl (C=O) groups is 1. The summed E-state index contributed by atoms with van der Waals surface area (Å²) in [4.78, 5) is 28.7. The molecule has 1 aromatic carbocycles. The largest absolute Gasteiger partial charge is 0.395 e. The van der Waals surface area contributed by atoms with Gasteiger partial charge in [0.25, 0.3) is 5.91 Å². The number of H-pyrrole nitrogens is 1. The monoisotopic (exact) mass is 272 g/mol. The van der Waals surface area contributed by atoms with Crippen LogP contribution in [0.2, 0.25) is 0 Å². The fraction of sp³-hybridized carbons (Fsp3) is 0.200. The van der Waals surface area contributed by atoms with Crippen molar-refractivity contribution in [1.82, 2.24) is 9.88 Å². The number of amides is 1. The van der Waals surface area contributed by atoms with E-state index in [1.54, 1.807) is 30.3 Å². The summed E-state index contributed by atoms with van der Waals surface area (Å²) < 4.78 is 0. The smallest absolute Gasteiger partial charge is 0.270 e. The molecule has 0 aliphatic carbocycles. The number of hydrogen-bond donors (Lipinski definition) is 2. The van der Waals surface area contributed by atoms with Crippen LogP contribution in [-0.2, 0) is 0 Å². The molecule has 0 saturated heterocycles. The van der Waals surface area contributed by atoms with Crippen LogP contribution in [0.3, 0.4) is 0 Å². The number of para-hydroxylation sites is 1. The number of carbonyl (C=O) groups excluding carboxylic acids is 1. The Labute approximate surface area is 116 Å². The molecule has 1 heterocycles. The standard InChI is InChI=1S/C15H16N2O3/c1-2-7-17(8-9-18)15(20)13-10-14(19)11-5-3-4-6-12(11)16-13/h2-6,10,18H,1,7-9H2,(H,16,19). The molecule has 0 aliphatic heterocycles. The van der Waals surface area contributed by atoms with E-state index >= 15 is 0 Å². The molecule has 5 nitrogen and oxygen atoms in total. The van der Waals surface area contributed by atoms with Gasteiger partial charge in [0, 0.05) is 30.1 Å². The van der Waals surface area contributed by atoms with Gasteiger partial charge in [-0.1, -0.05) is 18.2 Å². The fourth-order valence-electron chi connectivity index (χ4n) is 2.03. The summed E-state index contributed by atoms with van der Waals surface area (Å²) in [7, 11) is 0. The van der Waals surface area contributed by atoms with Gasteiger partial charge in [0.2, 0.25) is 0 Å². The van der Waals surface area contributed by atoms with E-state index in [4.69, 9.17) is 5.11 Å². The molecule has 0 atom stereocenters. The first-order valence-corrected chi connectivity index (χ1v) is 6.30. The van der Waals surface area contributed by atoms with Crippen molar-refractivity contribution in [2.45, 2.75) is 0 Å². The van der Waals surface area contributed by atoms with Crippen LogP contribution in [0.25, 0.3) is 10.9 Å². The molecule has 0 fully saturated rings. The third kappa shape index (κ3) is 2.78. The topological polar surface area (TPSA) is 73.4 Å². The Bertz CT molecular complexity index is 691. The zero-order valence-electron chi connectivity index (χ0n) is 11.0. The molecular weight excluding hydrogens is 256 g/mol. The highest BCUT2D eigenvalue weighted by molar-refractivity contribution is 5.94. The summed E-state index contributed by atoms with van der Waals surface area (Å²) in [5.74, 6) is -0.332. The van der Waals surface area contributed by atoms with Crippen molar-refractivity contribution in [3.63, 3.8) is 0 Å². The van der Waals surface area contributed by atoms with Gasteiger partial charge >= 0.3 is 0 Å². The van der Waals surface area contributed by atoms with E-state index in [2.05, 4.69) is 11.6 Å². The van der Waals surface area contributed by atoms with E-state index in [-0.39, 0.29) is 30.2 Å². The highest BCUT2D eigenvalue weighted by atomic mass is 16.3. The van der Waals surface area contributed by atoms with Crippen molar-refractivity contribution in [2.75, 3.05) is 19.7 Å². The van der Waals surface area contributed by atoms with Crippen molar-refractivity contribution < 1.29 is 9.90 Å². The number of benzene rings is 1. The molecule has 0 bridgehead atoms. The number of aromatic nitrogens is 1. The Kier molecular flexibility index (Phi) is 4.32. The van der Waals surface area contributed by atoms with Crippen molar-refractivity contribution >= 4 is 16.8 Å². The number of hydrogen-bond acceptors (Lipinski definition) is 3. The molecule has 0 spiro atoms. The van der Waals surface area contributed by atoms with Gasteiger partial charge in [-0.2, -0.15) is 0 Å². The molecule has 5 heteroatoms. The quantitative estimate of drug-likeness (QED) is 0.802. The molecule has 2 rings (SSSR count). The second-order valence-electron chi connectivity index (χ2n) is 4.36. The molecule has 1 amide bonds. The molecule has 104 valence electrons. The highest BCUT2D eigenvalue weighted by Gasteiger charge is 2.16. The minimum atomic E-state index is -0.332. The normalized spacial score (nSPS) is 10.4. The molecule has 0 saturated carbocycles. The van der Waals surface area contributed by atoms with E-state index < -0.39 is 0 Å². The average molecular weight is 272 g/mol. The van der Waals surface area contributed by atoms with Crippen LogP contribution in [0.1, 0.15) is 10.5 Å². The summed E-state index contributed by atoms with van der Waals surface area (Å²) in [6.45, 7) is 3.95. The Balaban J connectivity index is 2.43. The highest BCUT2D eigenvalue weighted by Crippen LogP contribution is 2.09. The van der Waals surface area contributed by atoms with Crippen LogP contribution in [0, 0.1) is 0 Å². The lowest BCUT2D eigenvalue weighted by Crippen LogP contribution is -2.34. The molecule has 2 aromatic rings. The van der Waals surface area contributed by atoms with Crippen molar-refractivity contribution in [1.29, 1.82) is 0 Å². The van der Waals surface area contributed by atoms with Gasteiger partial charge in [0.1, 0.15) is 5.69 Å². The minimum Gasteiger partial charge on any atom is -0.395 e. The third-order valence-electron chi connectivity index (χ3n) is 2.97. The van der Waals surface area contributed by atoms with Crippen LogP contribution in [0.5, 0.6) is 0 Å². The average Bonchev–Trinajstić information content (AvgIpc) is 2.46. The van der Waals surface area contributed by atoms with E-state index in [0.29, 0.717) is 17.4 Å². The van der Waals surface area contributed by atoms with E-state index in [1.165, 1.54) is 11.0 Å². The molecule has 20 heavy (non-hydrogen) atoms. The second-order valence-corrected chi connectivity index (χ2v) is 4.36. The van der Waals surface area contributed by atoms with Gasteiger partial charge in [-0.15, -0.1) is 6.58 Å². The summed E-state index contributed by atoms with van der Waals surface area (Å²) in [6, 6.07) is 8.31. The zero-order valence-corrected chi connectivity index (χ0v) is 11.0. The first kappa shape index (κ1) is 14.0. The van der Waals surface area contributed by atoms with Crippen LogP contribution in [0.15, 0.2) is 47.8 Å². The number of nitrogens with one attached hydrogen (secondary N) is 1. The summed E-state index contributed by atoms with van der Waals surface area (Å²) in [6.07, 6.45) is 1.58. The van der Waals surface area contributed by atoms with Crippen molar-refractivity contribution in [2.24, 2.45) is 0 Å². The Hall–Kier alpha value is -2.40. The molecule has 0 unspecified atom stereocenters. The van der Waals surface area contributed by atoms with Crippen LogP contribution in [0.4, 0.5) is 0 Å². The first-order chi connectivity index (χ1) is 9.67. The van der Waals surface area contributed by atoms with Gasteiger partial charge < -0.3 is 15.0 Å². The lowest BCUT2D eigenvalue weighted by molar-refractivity contribution is 0.0737. The maximum atomic E-state index is 12.3. The number of fused-ring (bicyclic) bond motifs is 1. The first-order valence-electron chi connectivity index (χ1n) is 6.30. The van der Waals surface area contributed by atoms with Gasteiger partial charge in [0.15, 0.2) is 5.43 Å². The molecule has 0 aliphatic rings. The number of nitrogens with zero attached hydrogens (tertiary/aromatic N) is 1. The Morgan fingerprint density at radius 2 is 2.15 bits per heavy atom. The van der Waals surface area contributed by atoms with Crippen LogP contribution in [-0.4, -0.2) is 40.6 Å². The van der Waals surface area contributed by atoms with Crippen molar-refractivity contribution in [3.05, 3.63) is 58.9 Å². The number of rotatable bonds is 5. The Morgan fingerprint density at radius 3 is 2.85 bits per heavy atom. The molecule has 1 aromatic heterocycles. The summed E-state index contributed by atoms with van der Waals surface area (Å²) in [5, 5.41) is 9.53. The maximum Gasteiger partial charge on any atom is 0.270 e. The van der Waals surface area contributed by atoms with Crippen LogP contribution >= 0.6 is 0 Å². The summed E-state index contributed by atoms with van der Waals surface area (Å²) >= 11 is 0. The lowest BCUT2D eigenvalue weighted by atomic mass is 10.2. The van der Waals surface area contributed by atoms with E-state index in [9.17, 15) is 9.59 Å². The van der Waals surface area contributed by atoms with E-state index in [1.807, 2.05) is 0 Å². The number of pyridine rings is 1. The molecule has 2 N–H and O–H groups in total. The zero-order chi connectivity index (χ0) is 14.5. The Morgan fingerprint density at radius 1 is 1.40 bits per heavy atom. The lowest BCUT2D eigenvalue weighted by Gasteiger charge is -2.19. The predicted molar refractivity (Wildman–Crippen MR) is 77.8 cm³/mol. The number of aromatic amines is 1. The third-order valence-corrected chi connectivity index (χ3v) is 2.97. The second kappa shape index (κ2) is 6.16. The number of aliphatic hydroxyl groups excluding tert-OH is 1. The van der Waals surface area contributed by atoms with Gasteiger partial charge in [-0.3, -0.25) is 9.59 Å². The minimum absolute atomic E-state index is 0.141.